The lowest BCUT2D eigenvalue weighted by Gasteiger charge is -2.29. The van der Waals surface area contributed by atoms with E-state index in [0.717, 1.165) is 23.5 Å². The Morgan fingerprint density at radius 3 is 2.37 bits per heavy atom. The van der Waals surface area contributed by atoms with Gasteiger partial charge in [0.2, 0.25) is 0 Å². The van der Waals surface area contributed by atoms with Gasteiger partial charge in [0.05, 0.1) is 0 Å². The van der Waals surface area contributed by atoms with Crippen LogP contribution in [-0.2, 0) is 0 Å². The molecule has 0 unspecified atom stereocenters. The Kier molecular flexibility index (Phi) is 4.10. The molecule has 0 saturated carbocycles. The first-order valence-corrected chi connectivity index (χ1v) is 9.39. The number of benzene rings is 1. The second-order valence-corrected chi connectivity index (χ2v) is 9.47. The Hall–Kier alpha value is -1.55. The van der Waals surface area contributed by atoms with Crippen LogP contribution in [0.5, 0.6) is 5.75 Å². The van der Waals surface area contributed by atoms with Crippen molar-refractivity contribution in [2.24, 2.45) is 0 Å². The van der Waals surface area contributed by atoms with Crippen LogP contribution in [-0.4, -0.2) is 8.32 Å². The summed E-state index contributed by atoms with van der Waals surface area (Å²) in [6.07, 6.45) is 0. The third kappa shape index (κ3) is 2.73. The first-order valence-electron chi connectivity index (χ1n) is 6.86. The van der Waals surface area contributed by atoms with Gasteiger partial charge in [0.1, 0.15) is 5.75 Å². The molecule has 0 aliphatic heterocycles. The van der Waals surface area contributed by atoms with E-state index in [0.29, 0.717) is 11.3 Å². The summed E-state index contributed by atoms with van der Waals surface area (Å²) in [6.45, 7) is 6.54. The maximum atomic E-state index is 11.4. The van der Waals surface area contributed by atoms with Crippen molar-refractivity contribution in [3.8, 4) is 5.75 Å². The molecule has 102 valence electrons. The molecule has 2 rings (SSSR count). The molecule has 0 N–H and O–H groups in total. The summed E-state index contributed by atoms with van der Waals surface area (Å²) in [5, 5.41) is 0.906. The SMILES string of the molecule is CC[Si](CC)(CC)Oc1cccc2ccc(=O)oc12. The third-order valence-corrected chi connectivity index (χ3v) is 8.39. The van der Waals surface area contributed by atoms with Crippen LogP contribution in [0.25, 0.3) is 11.0 Å². The van der Waals surface area contributed by atoms with E-state index in [1.54, 1.807) is 6.07 Å². The average Bonchev–Trinajstić information content (AvgIpc) is 2.45. The molecule has 0 bridgehead atoms. The fourth-order valence-corrected chi connectivity index (χ4v) is 4.91. The number of hydrogen-bond donors (Lipinski definition) is 0. The lowest BCUT2D eigenvalue weighted by molar-refractivity contribution is 0.500. The van der Waals surface area contributed by atoms with Gasteiger partial charge in [0, 0.05) is 11.5 Å². The summed E-state index contributed by atoms with van der Waals surface area (Å²) in [7, 11) is -1.75. The quantitative estimate of drug-likeness (QED) is 0.607. The molecular formula is C15H20O3Si. The Balaban J connectivity index is 2.50. The first kappa shape index (κ1) is 13.9. The van der Waals surface area contributed by atoms with Crippen LogP contribution in [0, 0.1) is 0 Å². The van der Waals surface area contributed by atoms with Crippen LogP contribution in [0.1, 0.15) is 20.8 Å². The molecule has 0 radical (unpaired) electrons. The van der Waals surface area contributed by atoms with Crippen molar-refractivity contribution in [1.82, 2.24) is 0 Å². The van der Waals surface area contributed by atoms with Gasteiger partial charge in [-0.1, -0.05) is 32.9 Å². The van der Waals surface area contributed by atoms with Crippen molar-refractivity contribution in [2.45, 2.75) is 38.9 Å². The van der Waals surface area contributed by atoms with Crippen molar-refractivity contribution in [1.29, 1.82) is 0 Å². The predicted octanol–water partition coefficient (Wildman–Crippen LogP) is 4.18. The Labute approximate surface area is 114 Å². The van der Waals surface area contributed by atoms with Crippen LogP contribution < -0.4 is 10.1 Å². The highest BCUT2D eigenvalue weighted by Gasteiger charge is 2.31. The third-order valence-electron chi connectivity index (χ3n) is 3.87. The summed E-state index contributed by atoms with van der Waals surface area (Å²) in [5.74, 6) is 0.715. The van der Waals surface area contributed by atoms with Crippen LogP contribution >= 0.6 is 0 Å². The smallest absolute Gasteiger partial charge is 0.336 e. The fraction of sp³-hybridized carbons (Fsp3) is 0.400. The van der Waals surface area contributed by atoms with Crippen molar-refractivity contribution in [3.63, 3.8) is 0 Å². The molecule has 0 amide bonds. The average molecular weight is 276 g/mol. The van der Waals surface area contributed by atoms with Gasteiger partial charge >= 0.3 is 5.63 Å². The zero-order chi connectivity index (χ0) is 13.9. The minimum atomic E-state index is -1.75. The second-order valence-electron chi connectivity index (χ2n) is 4.77. The monoisotopic (exact) mass is 276 g/mol. The Morgan fingerprint density at radius 1 is 1.05 bits per heavy atom. The highest BCUT2D eigenvalue weighted by Crippen LogP contribution is 2.30. The van der Waals surface area contributed by atoms with Gasteiger partial charge in [-0.2, -0.15) is 0 Å². The zero-order valence-corrected chi connectivity index (χ0v) is 12.7. The largest absolute Gasteiger partial charge is 0.541 e. The number of fused-ring (bicyclic) bond motifs is 1. The molecular weight excluding hydrogens is 256 g/mol. The summed E-state index contributed by atoms with van der Waals surface area (Å²) in [5.41, 5.74) is 0.238. The van der Waals surface area contributed by atoms with E-state index in [4.69, 9.17) is 8.84 Å². The summed E-state index contributed by atoms with van der Waals surface area (Å²) >= 11 is 0. The van der Waals surface area contributed by atoms with Crippen LogP contribution in [0.2, 0.25) is 18.1 Å². The Bertz CT molecular complexity index is 606. The summed E-state index contributed by atoms with van der Waals surface area (Å²) < 4.78 is 11.6. The van der Waals surface area contributed by atoms with E-state index >= 15 is 0 Å². The maximum absolute atomic E-state index is 11.4. The molecule has 0 aliphatic carbocycles. The minimum absolute atomic E-state index is 0.333. The second kappa shape index (κ2) is 5.61. The number of hydrogen-bond acceptors (Lipinski definition) is 3. The minimum Gasteiger partial charge on any atom is -0.541 e. The van der Waals surface area contributed by atoms with Gasteiger partial charge in [-0.05, 0) is 30.3 Å². The molecule has 0 atom stereocenters. The molecule has 0 spiro atoms. The van der Waals surface area contributed by atoms with Crippen LogP contribution in [0.4, 0.5) is 0 Å². The first-order chi connectivity index (χ1) is 9.14. The standard InChI is InChI=1S/C15H20O3Si/c1-4-19(5-2,6-3)18-13-9-7-8-12-10-11-14(16)17-15(12)13/h7-11H,4-6H2,1-3H3. The number of para-hydroxylation sites is 1. The molecule has 1 heterocycles. The van der Waals surface area contributed by atoms with Gasteiger partial charge in [-0.25, -0.2) is 4.79 Å². The lowest BCUT2D eigenvalue weighted by atomic mass is 10.2. The lowest BCUT2D eigenvalue weighted by Crippen LogP contribution is -2.39. The maximum Gasteiger partial charge on any atom is 0.336 e. The topological polar surface area (TPSA) is 39.4 Å². The van der Waals surface area contributed by atoms with Gasteiger partial charge in [0.25, 0.3) is 8.32 Å². The van der Waals surface area contributed by atoms with E-state index in [1.807, 2.05) is 18.2 Å². The van der Waals surface area contributed by atoms with Crippen LogP contribution in [0.3, 0.4) is 0 Å². The molecule has 4 heteroatoms. The van der Waals surface area contributed by atoms with Gasteiger partial charge in [-0.3, -0.25) is 0 Å². The Morgan fingerprint density at radius 2 is 1.74 bits per heavy atom. The fourth-order valence-electron chi connectivity index (χ4n) is 2.35. The van der Waals surface area contributed by atoms with Crippen molar-refractivity contribution in [3.05, 3.63) is 40.8 Å². The molecule has 1 aromatic heterocycles. The van der Waals surface area contributed by atoms with Gasteiger partial charge in [0.15, 0.2) is 5.58 Å². The molecule has 3 nitrogen and oxygen atoms in total. The molecule has 2 aromatic rings. The molecule has 19 heavy (non-hydrogen) atoms. The van der Waals surface area contributed by atoms with E-state index in [1.165, 1.54) is 6.07 Å². The van der Waals surface area contributed by atoms with E-state index < -0.39 is 8.32 Å². The van der Waals surface area contributed by atoms with Gasteiger partial charge < -0.3 is 8.84 Å². The van der Waals surface area contributed by atoms with E-state index in [2.05, 4.69) is 20.8 Å². The molecule has 0 aliphatic rings. The van der Waals surface area contributed by atoms with E-state index in [-0.39, 0.29) is 5.63 Å². The summed E-state index contributed by atoms with van der Waals surface area (Å²) in [4.78, 5) is 11.4. The highest BCUT2D eigenvalue weighted by atomic mass is 28.4. The number of rotatable bonds is 5. The molecule has 0 fully saturated rings. The highest BCUT2D eigenvalue weighted by molar-refractivity contribution is 6.74. The van der Waals surface area contributed by atoms with E-state index in [9.17, 15) is 4.79 Å². The predicted molar refractivity (Wildman–Crippen MR) is 80.3 cm³/mol. The van der Waals surface area contributed by atoms with Crippen molar-refractivity contribution in [2.75, 3.05) is 0 Å². The molecule has 0 saturated heterocycles. The summed E-state index contributed by atoms with van der Waals surface area (Å²) in [6, 6.07) is 12.2. The zero-order valence-electron chi connectivity index (χ0n) is 11.7. The molecule has 1 aromatic carbocycles. The van der Waals surface area contributed by atoms with Crippen LogP contribution in [0.15, 0.2) is 39.5 Å². The van der Waals surface area contributed by atoms with Crippen molar-refractivity contribution < 1.29 is 8.84 Å². The normalized spacial score (nSPS) is 11.7. The van der Waals surface area contributed by atoms with Gasteiger partial charge in [-0.15, -0.1) is 0 Å². The van der Waals surface area contributed by atoms with Crippen molar-refractivity contribution >= 4 is 19.3 Å².